The number of carboxylic acid groups (broad SMARTS) is 1. The molecule has 2 N–H and O–H groups in total. The molecule has 0 saturated heterocycles. The third kappa shape index (κ3) is 2.52. The molecule has 20 heavy (non-hydrogen) atoms. The van der Waals surface area contributed by atoms with Gasteiger partial charge in [0.2, 0.25) is 0 Å². The van der Waals surface area contributed by atoms with Crippen LogP contribution in [0.1, 0.15) is 19.4 Å². The summed E-state index contributed by atoms with van der Waals surface area (Å²) in [4.78, 5) is 12.0. The minimum absolute atomic E-state index is 0.109. The van der Waals surface area contributed by atoms with E-state index in [9.17, 15) is 9.90 Å². The van der Waals surface area contributed by atoms with Crippen LogP contribution in [0.3, 0.4) is 0 Å². The van der Waals surface area contributed by atoms with Crippen molar-refractivity contribution in [1.29, 1.82) is 0 Å². The van der Waals surface area contributed by atoms with Crippen LogP contribution >= 0.6 is 0 Å². The maximum Gasteiger partial charge on any atom is 0.334 e. The van der Waals surface area contributed by atoms with E-state index in [1.54, 1.807) is 0 Å². The molecule has 2 aromatic rings. The van der Waals surface area contributed by atoms with E-state index < -0.39 is 11.5 Å². The third-order valence-corrected chi connectivity index (χ3v) is 3.55. The molecule has 1 unspecified atom stereocenters. The number of rotatable bonds is 5. The van der Waals surface area contributed by atoms with Gasteiger partial charge in [-0.3, -0.25) is 0 Å². The predicted octanol–water partition coefficient (Wildman–Crippen LogP) is 3.73. The molecule has 0 radical (unpaired) electrons. The summed E-state index contributed by atoms with van der Waals surface area (Å²) in [6, 6.07) is 18.8. The summed E-state index contributed by atoms with van der Waals surface area (Å²) < 4.78 is 0. The largest absolute Gasteiger partial charge is 0.479 e. The molecule has 0 aliphatic heterocycles. The highest BCUT2D eigenvalue weighted by Gasteiger charge is 2.43. The molecule has 104 valence electrons. The van der Waals surface area contributed by atoms with Crippen LogP contribution in [0, 0.1) is 5.92 Å². The molecule has 3 nitrogen and oxygen atoms in total. The molecule has 0 aliphatic rings. The lowest BCUT2D eigenvalue weighted by atomic mass is 9.79. The Bertz CT molecular complexity index is 566. The number of hydrogen-bond donors (Lipinski definition) is 2. The Morgan fingerprint density at radius 1 is 1.00 bits per heavy atom. The maximum atomic E-state index is 12.0. The van der Waals surface area contributed by atoms with Crippen LogP contribution in [0.15, 0.2) is 60.7 Å². The molecule has 0 amide bonds. The number of aliphatic carboxylic acids is 1. The van der Waals surface area contributed by atoms with E-state index >= 15 is 0 Å². The van der Waals surface area contributed by atoms with Gasteiger partial charge in [-0.15, -0.1) is 0 Å². The molecule has 2 rings (SSSR count). The van der Waals surface area contributed by atoms with Crippen LogP contribution in [-0.4, -0.2) is 11.1 Å². The van der Waals surface area contributed by atoms with Gasteiger partial charge in [-0.1, -0.05) is 62.4 Å². The Labute approximate surface area is 119 Å². The minimum atomic E-state index is -1.14. The first-order valence-electron chi connectivity index (χ1n) is 6.69. The molecule has 0 heterocycles. The van der Waals surface area contributed by atoms with E-state index in [-0.39, 0.29) is 5.92 Å². The van der Waals surface area contributed by atoms with Gasteiger partial charge in [0.05, 0.1) is 0 Å². The summed E-state index contributed by atoms with van der Waals surface area (Å²) in [5.74, 6) is -0.981. The van der Waals surface area contributed by atoms with Crippen LogP contribution in [0.2, 0.25) is 0 Å². The van der Waals surface area contributed by atoms with E-state index in [1.807, 2.05) is 74.5 Å². The first-order chi connectivity index (χ1) is 9.57. The van der Waals surface area contributed by atoms with Crippen molar-refractivity contribution in [3.63, 3.8) is 0 Å². The van der Waals surface area contributed by atoms with Gasteiger partial charge in [0.15, 0.2) is 5.54 Å². The third-order valence-electron chi connectivity index (χ3n) is 3.55. The highest BCUT2D eigenvalue weighted by atomic mass is 16.4. The van der Waals surface area contributed by atoms with Gasteiger partial charge in [0, 0.05) is 5.69 Å². The van der Waals surface area contributed by atoms with Crippen molar-refractivity contribution < 1.29 is 9.90 Å². The fourth-order valence-electron chi connectivity index (χ4n) is 2.42. The van der Waals surface area contributed by atoms with E-state index in [1.165, 1.54) is 0 Å². The molecule has 0 spiro atoms. The zero-order valence-electron chi connectivity index (χ0n) is 11.7. The normalized spacial score (nSPS) is 13.8. The SMILES string of the molecule is CC(C)C(Nc1ccccc1)(C(=O)O)c1ccccc1. The molecule has 0 saturated carbocycles. The van der Waals surface area contributed by atoms with Gasteiger partial charge in [-0.05, 0) is 23.6 Å². The highest BCUT2D eigenvalue weighted by molar-refractivity contribution is 5.85. The fourth-order valence-corrected chi connectivity index (χ4v) is 2.42. The monoisotopic (exact) mass is 269 g/mol. The predicted molar refractivity (Wildman–Crippen MR) is 80.7 cm³/mol. The average Bonchev–Trinajstić information content (AvgIpc) is 2.46. The average molecular weight is 269 g/mol. The van der Waals surface area contributed by atoms with Crippen molar-refractivity contribution in [3.8, 4) is 0 Å². The highest BCUT2D eigenvalue weighted by Crippen LogP contribution is 2.34. The molecule has 0 aromatic heterocycles. The van der Waals surface area contributed by atoms with E-state index in [0.717, 1.165) is 11.3 Å². The fraction of sp³-hybridized carbons (Fsp3) is 0.235. The molecular weight excluding hydrogens is 250 g/mol. The number of nitrogens with one attached hydrogen (secondary N) is 1. The number of anilines is 1. The van der Waals surface area contributed by atoms with Crippen LogP contribution in [0.4, 0.5) is 5.69 Å². The summed E-state index contributed by atoms with van der Waals surface area (Å²) >= 11 is 0. The second-order valence-electron chi connectivity index (χ2n) is 5.12. The lowest BCUT2D eigenvalue weighted by Gasteiger charge is -2.35. The summed E-state index contributed by atoms with van der Waals surface area (Å²) in [5, 5.41) is 13.1. The lowest BCUT2D eigenvalue weighted by molar-refractivity contribution is -0.144. The van der Waals surface area contributed by atoms with Gasteiger partial charge in [-0.2, -0.15) is 0 Å². The summed E-state index contributed by atoms with van der Waals surface area (Å²) in [5.41, 5.74) is 0.418. The second kappa shape index (κ2) is 5.78. The standard InChI is InChI=1S/C17H19NO2/c1-13(2)17(16(19)20,14-9-5-3-6-10-14)18-15-11-7-4-8-12-15/h3-13,18H,1-2H3,(H,19,20). The van der Waals surface area contributed by atoms with Crippen molar-refractivity contribution in [2.75, 3.05) is 5.32 Å². The Kier molecular flexibility index (Phi) is 4.08. The summed E-state index contributed by atoms with van der Waals surface area (Å²) in [6.45, 7) is 3.83. The van der Waals surface area contributed by atoms with E-state index in [2.05, 4.69) is 5.32 Å². The molecule has 0 aliphatic carbocycles. The van der Waals surface area contributed by atoms with Crippen molar-refractivity contribution in [2.24, 2.45) is 5.92 Å². The second-order valence-corrected chi connectivity index (χ2v) is 5.12. The summed E-state index contributed by atoms with van der Waals surface area (Å²) in [6.07, 6.45) is 0. The first kappa shape index (κ1) is 14.1. The van der Waals surface area contributed by atoms with E-state index in [0.29, 0.717) is 0 Å². The van der Waals surface area contributed by atoms with E-state index in [4.69, 9.17) is 0 Å². The zero-order chi connectivity index (χ0) is 14.6. The Morgan fingerprint density at radius 2 is 1.50 bits per heavy atom. The van der Waals surface area contributed by atoms with Gasteiger partial charge >= 0.3 is 5.97 Å². The number of carbonyl (C=O) groups is 1. The number of benzene rings is 2. The van der Waals surface area contributed by atoms with Crippen LogP contribution < -0.4 is 5.32 Å². The van der Waals surface area contributed by atoms with Crippen LogP contribution in [0.5, 0.6) is 0 Å². The molecule has 3 heteroatoms. The maximum absolute atomic E-state index is 12.0. The molecule has 1 atom stereocenters. The number of hydrogen-bond acceptors (Lipinski definition) is 2. The van der Waals surface area contributed by atoms with Gasteiger partial charge < -0.3 is 10.4 Å². The van der Waals surface area contributed by atoms with Crippen LogP contribution in [0.25, 0.3) is 0 Å². The van der Waals surface area contributed by atoms with Gasteiger partial charge in [-0.25, -0.2) is 4.79 Å². The molecule has 2 aromatic carbocycles. The number of para-hydroxylation sites is 1. The first-order valence-corrected chi connectivity index (χ1v) is 6.69. The Balaban J connectivity index is 2.52. The van der Waals surface area contributed by atoms with Crippen molar-refractivity contribution in [2.45, 2.75) is 19.4 Å². The molecular formula is C17H19NO2. The Morgan fingerprint density at radius 3 is 1.95 bits per heavy atom. The lowest BCUT2D eigenvalue weighted by Crippen LogP contribution is -2.48. The molecule has 0 bridgehead atoms. The Hall–Kier alpha value is -2.29. The quantitative estimate of drug-likeness (QED) is 0.869. The van der Waals surface area contributed by atoms with Crippen molar-refractivity contribution >= 4 is 11.7 Å². The topological polar surface area (TPSA) is 49.3 Å². The van der Waals surface area contributed by atoms with Crippen LogP contribution in [-0.2, 0) is 10.3 Å². The number of carboxylic acids is 1. The van der Waals surface area contributed by atoms with Crippen molar-refractivity contribution in [1.82, 2.24) is 0 Å². The van der Waals surface area contributed by atoms with Crippen molar-refractivity contribution in [3.05, 3.63) is 66.2 Å². The minimum Gasteiger partial charge on any atom is -0.479 e. The van der Waals surface area contributed by atoms with Gasteiger partial charge in [0.25, 0.3) is 0 Å². The zero-order valence-corrected chi connectivity index (χ0v) is 11.7. The van der Waals surface area contributed by atoms with Gasteiger partial charge in [0.1, 0.15) is 0 Å². The molecule has 0 fully saturated rings. The smallest absolute Gasteiger partial charge is 0.334 e. The summed E-state index contributed by atoms with van der Waals surface area (Å²) in [7, 11) is 0.